The van der Waals surface area contributed by atoms with Crippen LogP contribution in [0.25, 0.3) is 0 Å². The lowest BCUT2D eigenvalue weighted by molar-refractivity contribution is -0.0206. The minimum atomic E-state index is -0.337. The van der Waals surface area contributed by atoms with Gasteiger partial charge in [0, 0.05) is 0 Å². The lowest BCUT2D eigenvalue weighted by Crippen LogP contribution is -2.32. The predicted octanol–water partition coefficient (Wildman–Crippen LogP) is 3.68. The van der Waals surface area contributed by atoms with Crippen molar-refractivity contribution in [1.82, 2.24) is 0 Å². The maximum absolute atomic E-state index is 13.7. The predicted molar refractivity (Wildman–Crippen MR) is 65.7 cm³/mol. The van der Waals surface area contributed by atoms with E-state index in [0.717, 1.165) is 25.7 Å². The van der Waals surface area contributed by atoms with Gasteiger partial charge >= 0.3 is 0 Å². The van der Waals surface area contributed by atoms with Gasteiger partial charge in [0.25, 0.3) is 0 Å². The fraction of sp³-hybridized carbons (Fsp3) is 0.538. The molecule has 3 rings (SSSR count). The third kappa shape index (κ3) is 2.08. The zero-order valence-electron chi connectivity index (χ0n) is 9.42. The van der Waals surface area contributed by atoms with Crippen molar-refractivity contribution >= 4 is 15.9 Å². The largest absolute Gasteiger partial charge is 0.487 e. The molecule has 0 unspecified atom stereocenters. The third-order valence-corrected chi connectivity index (χ3v) is 4.28. The molecule has 0 aliphatic carbocycles. The molecule has 17 heavy (non-hydrogen) atoms. The summed E-state index contributed by atoms with van der Waals surface area (Å²) in [5, 5.41) is 0. The Kier molecular flexibility index (Phi) is 2.87. The van der Waals surface area contributed by atoms with E-state index in [2.05, 4.69) is 15.9 Å². The maximum atomic E-state index is 13.7. The molecule has 1 aromatic carbocycles. The second kappa shape index (κ2) is 4.25. The van der Waals surface area contributed by atoms with Crippen LogP contribution in [-0.2, 0) is 4.74 Å². The first-order valence-electron chi connectivity index (χ1n) is 5.93. The van der Waals surface area contributed by atoms with Gasteiger partial charge in [0.05, 0.1) is 10.6 Å². The number of halogens is 2. The summed E-state index contributed by atoms with van der Waals surface area (Å²) in [5.74, 6) is -0.0378. The topological polar surface area (TPSA) is 18.5 Å². The zero-order valence-corrected chi connectivity index (χ0v) is 11.0. The van der Waals surface area contributed by atoms with Crippen molar-refractivity contribution < 1.29 is 13.9 Å². The second-order valence-corrected chi connectivity index (χ2v) is 5.70. The minimum absolute atomic E-state index is 0.153. The highest BCUT2D eigenvalue weighted by Crippen LogP contribution is 2.43. The quantitative estimate of drug-likeness (QED) is 0.848. The molecule has 92 valence electrons. The van der Waals surface area contributed by atoms with Gasteiger partial charge in [-0.25, -0.2) is 4.39 Å². The third-order valence-electron chi connectivity index (χ3n) is 3.67. The molecule has 0 amide bonds. The summed E-state index contributed by atoms with van der Waals surface area (Å²) in [7, 11) is 0. The molecule has 2 saturated heterocycles. The fourth-order valence-corrected chi connectivity index (χ4v) is 3.04. The van der Waals surface area contributed by atoms with E-state index in [1.807, 2.05) is 0 Å². The van der Waals surface area contributed by atoms with E-state index in [1.54, 1.807) is 18.2 Å². The summed E-state index contributed by atoms with van der Waals surface area (Å²) in [4.78, 5) is 0. The van der Waals surface area contributed by atoms with Crippen molar-refractivity contribution in [3.05, 3.63) is 28.5 Å². The molecule has 0 saturated carbocycles. The number of benzene rings is 1. The average Bonchev–Trinajstić information content (AvgIpc) is 2.92. The summed E-state index contributed by atoms with van der Waals surface area (Å²) < 4.78 is 25.6. The Morgan fingerprint density at radius 2 is 2.18 bits per heavy atom. The molecule has 2 aliphatic heterocycles. The standard InChI is InChI=1S/C13H14BrFO2/c14-10-2-1-3-11(12(10)15)16-8-13-6-4-9(17-13)5-7-13/h1-3,9H,4-8H2. The Hall–Kier alpha value is -0.610. The zero-order chi connectivity index (χ0) is 11.9. The first kappa shape index (κ1) is 11.5. The first-order chi connectivity index (χ1) is 8.19. The van der Waals surface area contributed by atoms with E-state index in [-0.39, 0.29) is 11.4 Å². The van der Waals surface area contributed by atoms with E-state index in [9.17, 15) is 4.39 Å². The Morgan fingerprint density at radius 1 is 1.41 bits per heavy atom. The van der Waals surface area contributed by atoms with Crippen LogP contribution >= 0.6 is 15.9 Å². The molecule has 2 fully saturated rings. The van der Waals surface area contributed by atoms with Crippen LogP contribution in [0.4, 0.5) is 4.39 Å². The van der Waals surface area contributed by atoms with Crippen molar-refractivity contribution in [2.45, 2.75) is 37.4 Å². The summed E-state index contributed by atoms with van der Waals surface area (Å²) >= 11 is 3.15. The van der Waals surface area contributed by atoms with Crippen molar-refractivity contribution in [1.29, 1.82) is 0 Å². The van der Waals surface area contributed by atoms with Crippen LogP contribution in [0.1, 0.15) is 25.7 Å². The Balaban J connectivity index is 1.70. The average molecular weight is 301 g/mol. The molecule has 2 aliphatic rings. The minimum Gasteiger partial charge on any atom is -0.487 e. The van der Waals surface area contributed by atoms with Gasteiger partial charge in [-0.1, -0.05) is 6.07 Å². The molecule has 0 radical (unpaired) electrons. The van der Waals surface area contributed by atoms with Gasteiger partial charge in [-0.15, -0.1) is 0 Å². The van der Waals surface area contributed by atoms with Gasteiger partial charge in [-0.05, 0) is 53.7 Å². The van der Waals surface area contributed by atoms with Gasteiger partial charge in [-0.2, -0.15) is 0 Å². The van der Waals surface area contributed by atoms with E-state index in [4.69, 9.17) is 9.47 Å². The molecule has 0 aromatic heterocycles. The van der Waals surface area contributed by atoms with Crippen LogP contribution in [0.15, 0.2) is 22.7 Å². The normalized spacial score (nSPS) is 30.8. The molecule has 0 spiro atoms. The van der Waals surface area contributed by atoms with Gasteiger partial charge < -0.3 is 9.47 Å². The van der Waals surface area contributed by atoms with E-state index >= 15 is 0 Å². The van der Waals surface area contributed by atoms with Crippen molar-refractivity contribution in [2.75, 3.05) is 6.61 Å². The number of ether oxygens (including phenoxy) is 2. The molecule has 0 N–H and O–H groups in total. The van der Waals surface area contributed by atoms with Crippen LogP contribution in [0.5, 0.6) is 5.75 Å². The number of rotatable bonds is 3. The van der Waals surface area contributed by atoms with Gasteiger partial charge in [0.15, 0.2) is 11.6 Å². The lowest BCUT2D eigenvalue weighted by atomic mass is 9.89. The number of fused-ring (bicyclic) bond motifs is 2. The van der Waals surface area contributed by atoms with E-state index in [1.165, 1.54) is 0 Å². The van der Waals surface area contributed by atoms with E-state index < -0.39 is 0 Å². The Morgan fingerprint density at radius 3 is 2.82 bits per heavy atom. The van der Waals surface area contributed by atoms with Crippen LogP contribution in [0.3, 0.4) is 0 Å². The van der Waals surface area contributed by atoms with Crippen molar-refractivity contribution in [2.24, 2.45) is 0 Å². The Bertz CT molecular complexity index is 427. The van der Waals surface area contributed by atoms with Crippen LogP contribution in [-0.4, -0.2) is 18.3 Å². The summed E-state index contributed by atoms with van der Waals surface area (Å²) in [6, 6.07) is 5.09. The first-order valence-corrected chi connectivity index (χ1v) is 6.72. The lowest BCUT2D eigenvalue weighted by Gasteiger charge is -2.24. The number of hydrogen-bond acceptors (Lipinski definition) is 2. The second-order valence-electron chi connectivity index (χ2n) is 4.84. The van der Waals surface area contributed by atoms with Crippen molar-refractivity contribution in [3.8, 4) is 5.75 Å². The molecule has 2 nitrogen and oxygen atoms in total. The molecule has 0 atom stereocenters. The highest BCUT2D eigenvalue weighted by atomic mass is 79.9. The van der Waals surface area contributed by atoms with Gasteiger partial charge in [0.2, 0.25) is 0 Å². The van der Waals surface area contributed by atoms with E-state index in [0.29, 0.717) is 22.9 Å². The van der Waals surface area contributed by atoms with Gasteiger partial charge in [0.1, 0.15) is 12.2 Å². The molecular weight excluding hydrogens is 287 g/mol. The summed E-state index contributed by atoms with van der Waals surface area (Å²) in [6.45, 7) is 0.455. The van der Waals surface area contributed by atoms with Crippen LogP contribution in [0, 0.1) is 5.82 Å². The molecule has 4 heteroatoms. The number of hydrogen-bond donors (Lipinski definition) is 0. The highest BCUT2D eigenvalue weighted by molar-refractivity contribution is 9.10. The summed E-state index contributed by atoms with van der Waals surface area (Å²) in [6.07, 6.45) is 4.71. The van der Waals surface area contributed by atoms with Crippen LogP contribution < -0.4 is 4.74 Å². The molecule has 2 heterocycles. The maximum Gasteiger partial charge on any atom is 0.179 e. The molecule has 2 bridgehead atoms. The van der Waals surface area contributed by atoms with Crippen LogP contribution in [0.2, 0.25) is 0 Å². The summed E-state index contributed by atoms with van der Waals surface area (Å²) in [5.41, 5.74) is -0.153. The molecule has 1 aromatic rings. The highest BCUT2D eigenvalue weighted by Gasteiger charge is 2.46. The monoisotopic (exact) mass is 300 g/mol. The fourth-order valence-electron chi connectivity index (χ4n) is 2.69. The van der Waals surface area contributed by atoms with Gasteiger partial charge in [-0.3, -0.25) is 0 Å². The smallest absolute Gasteiger partial charge is 0.179 e. The molecular formula is C13H14BrFO2. The Labute approximate surface area is 108 Å². The van der Waals surface area contributed by atoms with Crippen molar-refractivity contribution in [3.63, 3.8) is 0 Å². The SMILES string of the molecule is Fc1c(Br)cccc1OCC12CCC(CC1)O2.